The van der Waals surface area contributed by atoms with E-state index in [-0.39, 0.29) is 11.8 Å². The van der Waals surface area contributed by atoms with E-state index in [1.807, 2.05) is 10.3 Å². The van der Waals surface area contributed by atoms with Crippen molar-refractivity contribution in [1.82, 2.24) is 9.88 Å². The van der Waals surface area contributed by atoms with E-state index in [1.54, 1.807) is 4.90 Å². The Balaban J connectivity index is 1.36. The largest absolute Gasteiger partial charge is 0.342 e. The summed E-state index contributed by atoms with van der Waals surface area (Å²) < 4.78 is 0. The second-order valence-corrected chi connectivity index (χ2v) is 8.22. The van der Waals surface area contributed by atoms with Crippen LogP contribution >= 0.6 is 11.3 Å². The number of piperidine rings is 1. The summed E-state index contributed by atoms with van der Waals surface area (Å²) in [7, 11) is 0. The van der Waals surface area contributed by atoms with Gasteiger partial charge in [0, 0.05) is 31.4 Å². The Morgan fingerprint density at radius 2 is 2.00 bits per heavy atom. The maximum absolute atomic E-state index is 12.6. The Morgan fingerprint density at radius 1 is 1.17 bits per heavy atom. The fourth-order valence-corrected chi connectivity index (χ4v) is 5.31. The van der Waals surface area contributed by atoms with Crippen LogP contribution in [0, 0.1) is 11.8 Å². The first-order valence-corrected chi connectivity index (χ1v) is 10.1. The molecule has 1 aromatic rings. The Bertz CT molecular complexity index is 630. The molecule has 0 radical (unpaired) electrons. The zero-order chi connectivity index (χ0) is 16.5. The van der Waals surface area contributed by atoms with Gasteiger partial charge in [0.1, 0.15) is 0 Å². The van der Waals surface area contributed by atoms with Gasteiger partial charge in [0.25, 0.3) is 0 Å². The van der Waals surface area contributed by atoms with Crippen LogP contribution in [0.1, 0.15) is 50.6 Å². The minimum Gasteiger partial charge on any atom is -0.342 e. The van der Waals surface area contributed by atoms with Gasteiger partial charge in [-0.15, -0.1) is 11.3 Å². The lowest BCUT2D eigenvalue weighted by Gasteiger charge is -2.41. The molecule has 3 heterocycles. The summed E-state index contributed by atoms with van der Waals surface area (Å²) in [4.78, 5) is 32.8. The summed E-state index contributed by atoms with van der Waals surface area (Å²) in [5.74, 6) is 1.91. The van der Waals surface area contributed by atoms with Crippen molar-refractivity contribution in [1.29, 1.82) is 0 Å². The van der Waals surface area contributed by atoms with Crippen molar-refractivity contribution in [2.75, 3.05) is 24.5 Å². The fourth-order valence-electron chi connectivity index (χ4n) is 4.45. The molecule has 2 amide bonds. The lowest BCUT2D eigenvalue weighted by Crippen LogP contribution is -2.45. The first kappa shape index (κ1) is 16.1. The molecule has 130 valence electrons. The molecule has 0 N–H and O–H groups in total. The SMILES string of the molecule is O=C(Cc1csc(N2CCCC2=O)n1)N1CCC2CCCCC2C1. The quantitative estimate of drug-likeness (QED) is 0.845. The lowest BCUT2D eigenvalue weighted by atomic mass is 9.75. The molecule has 4 rings (SSSR count). The van der Waals surface area contributed by atoms with Crippen LogP contribution < -0.4 is 4.90 Å². The molecule has 6 heteroatoms. The van der Waals surface area contributed by atoms with E-state index in [2.05, 4.69) is 4.98 Å². The standard InChI is InChI=1S/C18H25N3O2S/c22-16-6-3-8-21(16)18-19-15(12-24-18)10-17(23)20-9-7-13-4-1-2-5-14(13)11-20/h12-14H,1-11H2. The first-order chi connectivity index (χ1) is 11.7. The maximum Gasteiger partial charge on any atom is 0.228 e. The number of likely N-dealkylation sites (tertiary alicyclic amines) is 1. The molecule has 3 fully saturated rings. The van der Waals surface area contributed by atoms with Gasteiger partial charge >= 0.3 is 0 Å². The minimum atomic E-state index is 0.154. The molecular weight excluding hydrogens is 322 g/mol. The van der Waals surface area contributed by atoms with Crippen LogP contribution in [-0.2, 0) is 16.0 Å². The van der Waals surface area contributed by atoms with Crippen molar-refractivity contribution in [2.24, 2.45) is 11.8 Å². The number of hydrogen-bond donors (Lipinski definition) is 0. The summed E-state index contributed by atoms with van der Waals surface area (Å²) in [6.45, 7) is 2.60. The number of amides is 2. The van der Waals surface area contributed by atoms with Crippen molar-refractivity contribution in [3.63, 3.8) is 0 Å². The van der Waals surface area contributed by atoms with Gasteiger partial charge in [-0.25, -0.2) is 4.98 Å². The molecule has 2 unspecified atom stereocenters. The zero-order valence-corrected chi connectivity index (χ0v) is 14.9. The summed E-state index contributed by atoms with van der Waals surface area (Å²) in [6.07, 6.45) is 8.39. The number of thiazole rings is 1. The number of nitrogens with zero attached hydrogens (tertiary/aromatic N) is 3. The topological polar surface area (TPSA) is 53.5 Å². The molecule has 1 saturated carbocycles. The van der Waals surface area contributed by atoms with E-state index >= 15 is 0 Å². The number of aromatic nitrogens is 1. The number of hydrogen-bond acceptors (Lipinski definition) is 4. The number of rotatable bonds is 3. The highest BCUT2D eigenvalue weighted by Crippen LogP contribution is 2.36. The number of fused-ring (bicyclic) bond motifs is 1. The number of anilines is 1. The van der Waals surface area contributed by atoms with Crippen LogP contribution in [0.25, 0.3) is 0 Å². The molecule has 0 aromatic carbocycles. The molecular formula is C18H25N3O2S. The molecule has 0 bridgehead atoms. The van der Waals surface area contributed by atoms with E-state index in [9.17, 15) is 9.59 Å². The van der Waals surface area contributed by atoms with Gasteiger partial charge in [-0.2, -0.15) is 0 Å². The monoisotopic (exact) mass is 347 g/mol. The minimum absolute atomic E-state index is 0.154. The second kappa shape index (κ2) is 6.82. The summed E-state index contributed by atoms with van der Waals surface area (Å²) >= 11 is 1.48. The van der Waals surface area contributed by atoms with Gasteiger partial charge < -0.3 is 4.90 Å². The van der Waals surface area contributed by atoms with E-state index < -0.39 is 0 Å². The summed E-state index contributed by atoms with van der Waals surface area (Å²) in [5.41, 5.74) is 0.811. The van der Waals surface area contributed by atoms with Crippen LogP contribution in [0.3, 0.4) is 0 Å². The molecule has 2 aliphatic heterocycles. The molecule has 24 heavy (non-hydrogen) atoms. The highest BCUT2D eigenvalue weighted by atomic mass is 32.1. The fraction of sp³-hybridized carbons (Fsp3) is 0.722. The van der Waals surface area contributed by atoms with E-state index in [0.29, 0.717) is 18.8 Å². The molecule has 1 aliphatic carbocycles. The zero-order valence-electron chi connectivity index (χ0n) is 14.1. The molecule has 3 aliphatic rings. The predicted octanol–water partition coefficient (Wildman–Crippen LogP) is 2.85. The van der Waals surface area contributed by atoms with Crippen molar-refractivity contribution < 1.29 is 9.59 Å². The Labute approximate surface area is 147 Å². The maximum atomic E-state index is 12.6. The van der Waals surface area contributed by atoms with Gasteiger partial charge in [-0.3, -0.25) is 14.5 Å². The lowest BCUT2D eigenvalue weighted by molar-refractivity contribution is -0.133. The average molecular weight is 347 g/mol. The third-order valence-electron chi connectivity index (χ3n) is 5.82. The molecule has 5 nitrogen and oxygen atoms in total. The van der Waals surface area contributed by atoms with Crippen molar-refractivity contribution >= 4 is 28.3 Å². The Morgan fingerprint density at radius 3 is 2.79 bits per heavy atom. The third kappa shape index (κ3) is 3.21. The first-order valence-electron chi connectivity index (χ1n) is 9.23. The van der Waals surface area contributed by atoms with E-state index in [0.717, 1.165) is 42.8 Å². The summed E-state index contributed by atoms with van der Waals surface area (Å²) in [5, 5.41) is 2.69. The molecule has 2 saturated heterocycles. The second-order valence-electron chi connectivity index (χ2n) is 7.38. The van der Waals surface area contributed by atoms with E-state index in [4.69, 9.17) is 0 Å². The summed E-state index contributed by atoms with van der Waals surface area (Å²) in [6, 6.07) is 0. The van der Waals surface area contributed by atoms with Crippen LogP contribution in [0.2, 0.25) is 0 Å². The Hall–Kier alpha value is -1.43. The highest BCUT2D eigenvalue weighted by molar-refractivity contribution is 7.14. The van der Waals surface area contributed by atoms with Crippen molar-refractivity contribution in [3.8, 4) is 0 Å². The van der Waals surface area contributed by atoms with Gasteiger partial charge in [-0.1, -0.05) is 19.3 Å². The smallest absolute Gasteiger partial charge is 0.228 e. The van der Waals surface area contributed by atoms with E-state index in [1.165, 1.54) is 43.4 Å². The van der Waals surface area contributed by atoms with Gasteiger partial charge in [0.15, 0.2) is 5.13 Å². The van der Waals surface area contributed by atoms with Crippen LogP contribution in [-0.4, -0.2) is 41.3 Å². The van der Waals surface area contributed by atoms with Gasteiger partial charge in [0.2, 0.25) is 11.8 Å². The molecule has 1 aromatic heterocycles. The highest BCUT2D eigenvalue weighted by Gasteiger charge is 2.33. The predicted molar refractivity (Wildman–Crippen MR) is 94.1 cm³/mol. The van der Waals surface area contributed by atoms with Crippen LogP contribution in [0.15, 0.2) is 5.38 Å². The average Bonchev–Trinajstić information content (AvgIpc) is 3.23. The third-order valence-corrected chi connectivity index (χ3v) is 6.73. The molecule has 0 spiro atoms. The number of carbonyl (C=O) groups is 2. The Kier molecular flexibility index (Phi) is 4.57. The van der Waals surface area contributed by atoms with Crippen LogP contribution in [0.4, 0.5) is 5.13 Å². The number of carbonyl (C=O) groups excluding carboxylic acids is 2. The molecule has 2 atom stereocenters. The van der Waals surface area contributed by atoms with Crippen molar-refractivity contribution in [3.05, 3.63) is 11.1 Å². The van der Waals surface area contributed by atoms with Crippen LogP contribution in [0.5, 0.6) is 0 Å². The van der Waals surface area contributed by atoms with Gasteiger partial charge in [0.05, 0.1) is 12.1 Å². The van der Waals surface area contributed by atoms with Crippen molar-refractivity contribution in [2.45, 2.75) is 51.4 Å². The van der Waals surface area contributed by atoms with Gasteiger partial charge in [-0.05, 0) is 31.1 Å². The normalized spacial score (nSPS) is 27.4.